The van der Waals surface area contributed by atoms with E-state index in [4.69, 9.17) is 11.1 Å². The first-order chi connectivity index (χ1) is 14.5. The van der Waals surface area contributed by atoms with Crippen molar-refractivity contribution in [2.45, 2.75) is 13.8 Å². The monoisotopic (exact) mass is 404 g/mol. The number of aromatic nitrogens is 2. The molecule has 3 aromatic rings. The molecule has 30 heavy (non-hydrogen) atoms. The molecule has 4 rings (SSSR count). The first-order valence-electron chi connectivity index (χ1n) is 9.95. The van der Waals surface area contributed by atoms with Gasteiger partial charge >= 0.3 is 0 Å². The van der Waals surface area contributed by atoms with Crippen LogP contribution in [0.5, 0.6) is 0 Å². The second kappa shape index (κ2) is 8.12. The van der Waals surface area contributed by atoms with Crippen LogP contribution in [0.15, 0.2) is 53.7 Å². The quantitative estimate of drug-likeness (QED) is 0.320. The Morgan fingerprint density at radius 2 is 2.10 bits per heavy atom. The van der Waals surface area contributed by atoms with Crippen LogP contribution < -0.4 is 16.4 Å². The van der Waals surface area contributed by atoms with E-state index in [1.165, 1.54) is 28.9 Å². The molecule has 0 saturated carbocycles. The van der Waals surface area contributed by atoms with Crippen LogP contribution in [0.3, 0.4) is 0 Å². The smallest absolute Gasteiger partial charge is 0.157 e. The summed E-state index contributed by atoms with van der Waals surface area (Å²) in [5, 5.41) is 15.4. The van der Waals surface area contributed by atoms with E-state index in [9.17, 15) is 4.39 Å². The van der Waals surface area contributed by atoms with Crippen LogP contribution >= 0.6 is 0 Å². The minimum Gasteiger partial charge on any atom is -0.398 e. The fraction of sp³-hybridized carbons (Fsp3) is 0.217. The zero-order chi connectivity index (χ0) is 21.3. The number of halogens is 1. The van der Waals surface area contributed by atoms with Crippen LogP contribution in [0.2, 0.25) is 0 Å². The van der Waals surface area contributed by atoms with E-state index >= 15 is 0 Å². The van der Waals surface area contributed by atoms with Crippen LogP contribution in [0.1, 0.15) is 30.8 Å². The van der Waals surface area contributed by atoms with E-state index in [1.54, 1.807) is 6.07 Å². The second-order valence-electron chi connectivity index (χ2n) is 7.36. The van der Waals surface area contributed by atoms with E-state index in [0.717, 1.165) is 18.7 Å². The fourth-order valence-corrected chi connectivity index (χ4v) is 3.66. The molecule has 154 valence electrons. The molecule has 1 aliphatic heterocycles. The molecule has 6 N–H and O–H groups in total. The number of aromatic amines is 1. The van der Waals surface area contributed by atoms with Gasteiger partial charge in [-0.15, -0.1) is 0 Å². The molecule has 0 amide bonds. The molecule has 0 spiro atoms. The third-order valence-electron chi connectivity index (χ3n) is 5.41. The first kappa shape index (κ1) is 19.8. The number of benzene rings is 2. The van der Waals surface area contributed by atoms with E-state index < -0.39 is 0 Å². The van der Waals surface area contributed by atoms with Crippen molar-refractivity contribution in [1.82, 2.24) is 20.6 Å². The van der Waals surface area contributed by atoms with Gasteiger partial charge in [0.1, 0.15) is 11.5 Å². The molecule has 7 heteroatoms. The van der Waals surface area contributed by atoms with E-state index in [1.807, 2.05) is 18.2 Å². The lowest BCUT2D eigenvalue weighted by atomic mass is 9.91. The zero-order valence-corrected chi connectivity index (χ0v) is 17.1. The molecular formula is C23H25FN6. The highest BCUT2D eigenvalue weighted by molar-refractivity contribution is 6.13. The van der Waals surface area contributed by atoms with Gasteiger partial charge in [-0.2, -0.15) is 0 Å². The average molecular weight is 404 g/mol. The molecule has 2 aromatic carbocycles. The van der Waals surface area contributed by atoms with E-state index in [2.05, 4.69) is 40.6 Å². The van der Waals surface area contributed by atoms with Crippen LogP contribution in [-0.2, 0) is 0 Å². The lowest BCUT2D eigenvalue weighted by molar-refractivity contribution is 0.629. The van der Waals surface area contributed by atoms with Crippen molar-refractivity contribution in [2.75, 3.05) is 25.4 Å². The molecule has 2 heterocycles. The van der Waals surface area contributed by atoms with E-state index in [0.29, 0.717) is 34.7 Å². The maximum atomic E-state index is 13.5. The van der Waals surface area contributed by atoms with E-state index in [-0.39, 0.29) is 11.5 Å². The molecule has 1 aliphatic rings. The standard InChI is InChI=1S/C23H25FN6/c1-3-27-10-15-11-28-12-18(13(15)2)14-4-6-19(25)17(8-14)22(26)23-29-20-7-5-16(24)9-21(20)30-23/h4-9,11,26-28H,3,10,12,25H2,1-2H3,(H,29,30). The number of nitrogens with one attached hydrogen (secondary N) is 4. The number of imidazole rings is 1. The third kappa shape index (κ3) is 3.71. The predicted octanol–water partition coefficient (Wildman–Crippen LogP) is 3.57. The van der Waals surface area contributed by atoms with Crippen molar-refractivity contribution >= 4 is 28.0 Å². The highest BCUT2D eigenvalue weighted by Gasteiger charge is 2.18. The molecular weight excluding hydrogens is 379 g/mol. The molecule has 1 aromatic heterocycles. The van der Waals surface area contributed by atoms with Crippen molar-refractivity contribution in [3.05, 3.63) is 76.5 Å². The Labute approximate surface area is 174 Å². The van der Waals surface area contributed by atoms with Gasteiger partial charge in [0.05, 0.1) is 11.0 Å². The fourth-order valence-electron chi connectivity index (χ4n) is 3.66. The Hall–Kier alpha value is -3.45. The molecule has 0 unspecified atom stereocenters. The first-order valence-corrected chi connectivity index (χ1v) is 9.95. The maximum absolute atomic E-state index is 13.5. The highest BCUT2D eigenvalue weighted by Crippen LogP contribution is 2.29. The van der Waals surface area contributed by atoms with Crippen LogP contribution in [0.25, 0.3) is 16.6 Å². The number of hydrogen-bond donors (Lipinski definition) is 5. The zero-order valence-electron chi connectivity index (χ0n) is 17.1. The third-order valence-corrected chi connectivity index (χ3v) is 5.41. The SMILES string of the molecule is CCNCC1=CNCC(c2ccc(N)c(C(=N)c3nc4ccc(F)cc4[nH]3)c2)=C1C. The molecule has 0 saturated heterocycles. The number of nitrogens with two attached hydrogens (primary N) is 1. The van der Waals surface area contributed by atoms with Crippen molar-refractivity contribution in [3.63, 3.8) is 0 Å². The van der Waals surface area contributed by atoms with Crippen molar-refractivity contribution in [3.8, 4) is 0 Å². The Kier molecular flexibility index (Phi) is 5.37. The number of nitrogens with zero attached hydrogens (tertiary/aromatic N) is 1. The number of dihydropyridines is 1. The van der Waals surface area contributed by atoms with Gasteiger partial charge in [-0.25, -0.2) is 9.37 Å². The van der Waals surface area contributed by atoms with Crippen molar-refractivity contribution < 1.29 is 4.39 Å². The van der Waals surface area contributed by atoms with Crippen LogP contribution in [-0.4, -0.2) is 35.3 Å². The summed E-state index contributed by atoms with van der Waals surface area (Å²) in [6, 6.07) is 10.1. The van der Waals surface area contributed by atoms with Gasteiger partial charge in [0.2, 0.25) is 0 Å². The van der Waals surface area contributed by atoms with Crippen LogP contribution in [0, 0.1) is 11.2 Å². The van der Waals surface area contributed by atoms with Crippen LogP contribution in [0.4, 0.5) is 10.1 Å². The van der Waals surface area contributed by atoms with Gasteiger partial charge in [0, 0.05) is 30.5 Å². The topological polar surface area (TPSA) is 103 Å². The predicted molar refractivity (Wildman–Crippen MR) is 120 cm³/mol. The Morgan fingerprint density at radius 1 is 1.27 bits per heavy atom. The van der Waals surface area contributed by atoms with Gasteiger partial charge < -0.3 is 21.4 Å². The number of hydrogen-bond acceptors (Lipinski definition) is 5. The Morgan fingerprint density at radius 3 is 2.90 bits per heavy atom. The van der Waals surface area contributed by atoms with Gasteiger partial charge in [-0.1, -0.05) is 13.0 Å². The van der Waals surface area contributed by atoms with Gasteiger partial charge in [0.25, 0.3) is 0 Å². The summed E-state index contributed by atoms with van der Waals surface area (Å²) >= 11 is 0. The molecule has 0 bridgehead atoms. The number of rotatable bonds is 6. The summed E-state index contributed by atoms with van der Waals surface area (Å²) in [7, 11) is 0. The lowest BCUT2D eigenvalue weighted by Gasteiger charge is -2.22. The highest BCUT2D eigenvalue weighted by atomic mass is 19.1. The minimum atomic E-state index is -0.348. The number of likely N-dealkylation sites (N-methyl/N-ethyl adjacent to an activating group) is 1. The summed E-state index contributed by atoms with van der Waals surface area (Å²) in [5.41, 5.74) is 13.3. The molecule has 0 fully saturated rings. The molecule has 0 aliphatic carbocycles. The van der Waals surface area contributed by atoms with Crippen molar-refractivity contribution in [1.29, 1.82) is 5.41 Å². The molecule has 6 nitrogen and oxygen atoms in total. The number of anilines is 1. The Balaban J connectivity index is 1.71. The summed E-state index contributed by atoms with van der Waals surface area (Å²) < 4.78 is 13.5. The summed E-state index contributed by atoms with van der Waals surface area (Å²) in [6.45, 7) is 6.62. The summed E-state index contributed by atoms with van der Waals surface area (Å²) in [5.74, 6) is 0.0130. The number of H-pyrrole nitrogens is 1. The normalized spacial score (nSPS) is 14.0. The second-order valence-corrected chi connectivity index (χ2v) is 7.36. The average Bonchev–Trinajstić information content (AvgIpc) is 3.16. The lowest BCUT2D eigenvalue weighted by Crippen LogP contribution is -2.24. The largest absolute Gasteiger partial charge is 0.398 e. The van der Waals surface area contributed by atoms with Gasteiger partial charge in [-0.05, 0) is 66.1 Å². The Bertz CT molecular complexity index is 1190. The van der Waals surface area contributed by atoms with Gasteiger partial charge in [0.15, 0.2) is 5.82 Å². The van der Waals surface area contributed by atoms with Gasteiger partial charge in [-0.3, -0.25) is 5.41 Å². The number of fused-ring (bicyclic) bond motifs is 1. The van der Waals surface area contributed by atoms with Crippen molar-refractivity contribution in [2.24, 2.45) is 0 Å². The number of nitrogen functional groups attached to an aromatic ring is 1. The maximum Gasteiger partial charge on any atom is 0.157 e. The summed E-state index contributed by atoms with van der Waals surface area (Å²) in [6.07, 6.45) is 2.05. The minimum absolute atomic E-state index is 0.177. The molecule has 0 atom stereocenters. The summed E-state index contributed by atoms with van der Waals surface area (Å²) in [4.78, 5) is 7.46. The molecule has 0 radical (unpaired) electrons.